The van der Waals surface area contributed by atoms with Gasteiger partial charge in [-0.25, -0.2) is 4.79 Å². The van der Waals surface area contributed by atoms with E-state index in [1.165, 1.54) is 4.90 Å². The third-order valence-corrected chi connectivity index (χ3v) is 3.98. The summed E-state index contributed by atoms with van der Waals surface area (Å²) in [4.78, 5) is 44.3. The van der Waals surface area contributed by atoms with Crippen LogP contribution >= 0.6 is 0 Å². The van der Waals surface area contributed by atoms with Crippen molar-refractivity contribution in [3.05, 3.63) is 10.1 Å². The van der Waals surface area contributed by atoms with Gasteiger partial charge < -0.3 is 30.2 Å². The number of hydrogen-bond donors (Lipinski definition) is 2. The van der Waals surface area contributed by atoms with Gasteiger partial charge in [-0.2, -0.15) is 9.97 Å². The van der Waals surface area contributed by atoms with Crippen LogP contribution in [0.4, 0.5) is 22.1 Å². The molecule has 0 radical (unpaired) electrons. The van der Waals surface area contributed by atoms with E-state index in [0.29, 0.717) is 13.0 Å². The van der Waals surface area contributed by atoms with Crippen molar-refractivity contribution in [1.29, 1.82) is 0 Å². The number of esters is 1. The molecule has 1 aromatic heterocycles. The second-order valence-corrected chi connectivity index (χ2v) is 8.03. The van der Waals surface area contributed by atoms with E-state index in [1.54, 1.807) is 27.7 Å². The van der Waals surface area contributed by atoms with E-state index in [9.17, 15) is 19.7 Å². The van der Waals surface area contributed by atoms with Crippen molar-refractivity contribution in [2.75, 3.05) is 43.5 Å². The van der Waals surface area contributed by atoms with Crippen molar-refractivity contribution in [3.63, 3.8) is 0 Å². The number of amides is 1. The van der Waals surface area contributed by atoms with Crippen LogP contribution in [0, 0.1) is 10.1 Å². The van der Waals surface area contributed by atoms with Crippen molar-refractivity contribution >= 4 is 29.4 Å². The molecule has 0 unspecified atom stereocenters. The number of alkyl carbamates (subject to hydrolysis) is 1. The molecule has 1 aromatic rings. The fourth-order valence-corrected chi connectivity index (χ4v) is 2.60. The van der Waals surface area contributed by atoms with E-state index in [1.807, 2.05) is 6.92 Å². The van der Waals surface area contributed by atoms with Gasteiger partial charge in [0, 0.05) is 13.1 Å². The summed E-state index contributed by atoms with van der Waals surface area (Å²) < 4.78 is 15.6. The number of unbranched alkanes of at least 4 members (excludes halogenated alkanes) is 1. The molecular formula is C20H34N6O7. The Labute approximate surface area is 193 Å². The van der Waals surface area contributed by atoms with Crippen LogP contribution in [0.1, 0.15) is 53.9 Å². The highest BCUT2D eigenvalue weighted by molar-refractivity contribution is 5.78. The maximum absolute atomic E-state index is 12.2. The highest BCUT2D eigenvalue weighted by Crippen LogP contribution is 2.32. The number of nitro groups is 1. The fraction of sp³-hybridized carbons (Fsp3) is 0.700. The third-order valence-electron chi connectivity index (χ3n) is 3.98. The lowest BCUT2D eigenvalue weighted by Gasteiger charge is -2.23. The molecule has 186 valence electrons. The van der Waals surface area contributed by atoms with Gasteiger partial charge in [-0.1, -0.05) is 13.3 Å². The minimum atomic E-state index is -0.711. The van der Waals surface area contributed by atoms with Gasteiger partial charge in [-0.15, -0.1) is 0 Å². The van der Waals surface area contributed by atoms with Crippen LogP contribution in [-0.2, 0) is 14.3 Å². The number of nitrogens with two attached hydrogens (primary N) is 1. The number of nitrogens with one attached hydrogen (secondary N) is 1. The van der Waals surface area contributed by atoms with E-state index in [2.05, 4.69) is 15.3 Å². The number of carbonyl (C=O) groups is 2. The topological polar surface area (TPSA) is 172 Å². The Hall–Kier alpha value is -3.38. The molecule has 0 spiro atoms. The Morgan fingerprint density at radius 1 is 1.21 bits per heavy atom. The molecule has 13 nitrogen and oxygen atoms in total. The quantitative estimate of drug-likeness (QED) is 0.188. The number of ether oxygens (including phenoxy) is 3. The molecule has 0 atom stereocenters. The first-order valence-corrected chi connectivity index (χ1v) is 10.8. The third kappa shape index (κ3) is 10.2. The summed E-state index contributed by atoms with van der Waals surface area (Å²) in [5, 5.41) is 14.3. The van der Waals surface area contributed by atoms with Gasteiger partial charge >= 0.3 is 23.8 Å². The maximum Gasteiger partial charge on any atom is 0.407 e. The van der Waals surface area contributed by atoms with Crippen LogP contribution in [0.5, 0.6) is 6.01 Å². The fourth-order valence-electron chi connectivity index (χ4n) is 2.60. The van der Waals surface area contributed by atoms with Gasteiger partial charge in [0.1, 0.15) is 12.1 Å². The summed E-state index contributed by atoms with van der Waals surface area (Å²) in [6, 6.07) is -0.123. The Bertz CT molecular complexity index is 813. The predicted molar refractivity (Wildman–Crippen MR) is 121 cm³/mol. The van der Waals surface area contributed by atoms with Crippen molar-refractivity contribution in [2.45, 2.75) is 59.5 Å². The molecule has 1 rings (SSSR count). The number of carbonyl (C=O) groups excluding carboxylic acids is 2. The average molecular weight is 471 g/mol. The Kier molecular flexibility index (Phi) is 11.1. The largest absolute Gasteiger partial charge is 0.465 e. The lowest BCUT2D eigenvalue weighted by molar-refractivity contribution is -0.383. The Morgan fingerprint density at radius 3 is 2.48 bits per heavy atom. The first kappa shape index (κ1) is 27.7. The first-order chi connectivity index (χ1) is 15.5. The Balaban J connectivity index is 3.09. The number of nitrogen functional groups attached to an aromatic ring is 1. The molecule has 0 aromatic carbocycles. The summed E-state index contributed by atoms with van der Waals surface area (Å²) in [5.41, 5.74) is 4.63. The molecule has 3 N–H and O–H groups in total. The molecule has 1 amide bonds. The first-order valence-electron chi connectivity index (χ1n) is 10.8. The second kappa shape index (κ2) is 13.2. The summed E-state index contributed by atoms with van der Waals surface area (Å²) in [6.07, 6.45) is 1.34. The van der Waals surface area contributed by atoms with Gasteiger partial charge in [-0.3, -0.25) is 14.9 Å². The molecular weight excluding hydrogens is 436 g/mol. The van der Waals surface area contributed by atoms with E-state index < -0.39 is 28.3 Å². The molecule has 0 aliphatic rings. The molecule has 0 fully saturated rings. The van der Waals surface area contributed by atoms with Crippen LogP contribution < -0.4 is 20.7 Å². The predicted octanol–water partition coefficient (Wildman–Crippen LogP) is 2.43. The zero-order valence-corrected chi connectivity index (χ0v) is 19.9. The van der Waals surface area contributed by atoms with E-state index in [4.69, 9.17) is 19.9 Å². The lowest BCUT2D eigenvalue weighted by Crippen LogP contribution is -2.37. The van der Waals surface area contributed by atoms with Crippen LogP contribution in [0.3, 0.4) is 0 Å². The SMILES string of the molecule is CCCCOc1nc(N)c([N+](=O)[O-])c(N(CCCNC(=O)OC(C)(C)C)CC(=O)OCC)n1. The standard InChI is InChI=1S/C20H34N6O7/c1-6-8-12-32-18-23-16(21)15(26(29)30)17(24-18)25(13-14(27)31-7-2)11-9-10-22-19(28)33-20(3,4)5/h6-13H2,1-5H3,(H,22,28)(H2,21,23,24). The minimum Gasteiger partial charge on any atom is -0.465 e. The molecule has 1 heterocycles. The number of hydrogen-bond acceptors (Lipinski definition) is 11. The molecule has 0 aliphatic heterocycles. The highest BCUT2D eigenvalue weighted by Gasteiger charge is 2.29. The maximum atomic E-state index is 12.2. The van der Waals surface area contributed by atoms with Gasteiger partial charge in [0.2, 0.25) is 11.6 Å². The lowest BCUT2D eigenvalue weighted by atomic mass is 10.2. The molecule has 0 bridgehead atoms. The van der Waals surface area contributed by atoms with Gasteiger partial charge in [0.25, 0.3) is 0 Å². The monoisotopic (exact) mass is 470 g/mol. The minimum absolute atomic E-state index is 0.123. The number of rotatable bonds is 13. The normalized spacial score (nSPS) is 10.9. The molecule has 33 heavy (non-hydrogen) atoms. The van der Waals surface area contributed by atoms with Crippen LogP contribution in [0.15, 0.2) is 0 Å². The highest BCUT2D eigenvalue weighted by atomic mass is 16.6. The zero-order chi connectivity index (χ0) is 25.0. The van der Waals surface area contributed by atoms with Crippen molar-refractivity contribution in [3.8, 4) is 6.01 Å². The van der Waals surface area contributed by atoms with Crippen LogP contribution in [0.2, 0.25) is 0 Å². The summed E-state index contributed by atoms with van der Waals surface area (Å²) in [5.74, 6) is -1.14. The smallest absolute Gasteiger partial charge is 0.407 e. The summed E-state index contributed by atoms with van der Waals surface area (Å²) in [6.45, 7) is 9.32. The van der Waals surface area contributed by atoms with Crippen molar-refractivity contribution < 1.29 is 28.7 Å². The number of nitrogens with zero attached hydrogens (tertiary/aromatic N) is 4. The van der Waals surface area contributed by atoms with Crippen LogP contribution in [0.25, 0.3) is 0 Å². The van der Waals surface area contributed by atoms with E-state index >= 15 is 0 Å². The molecule has 0 aliphatic carbocycles. The molecule has 13 heteroatoms. The van der Waals surface area contributed by atoms with Gasteiger partial charge in [0.15, 0.2) is 0 Å². The summed E-state index contributed by atoms with van der Waals surface area (Å²) >= 11 is 0. The van der Waals surface area contributed by atoms with Crippen molar-refractivity contribution in [1.82, 2.24) is 15.3 Å². The number of anilines is 2. The van der Waals surface area contributed by atoms with E-state index in [-0.39, 0.29) is 43.9 Å². The molecule has 0 saturated heterocycles. The second-order valence-electron chi connectivity index (χ2n) is 8.03. The summed E-state index contributed by atoms with van der Waals surface area (Å²) in [7, 11) is 0. The van der Waals surface area contributed by atoms with Gasteiger partial charge in [0.05, 0.1) is 18.1 Å². The van der Waals surface area contributed by atoms with Crippen LogP contribution in [-0.4, -0.2) is 65.4 Å². The zero-order valence-electron chi connectivity index (χ0n) is 19.9. The van der Waals surface area contributed by atoms with E-state index in [0.717, 1.165) is 12.8 Å². The van der Waals surface area contributed by atoms with Crippen molar-refractivity contribution in [2.24, 2.45) is 0 Å². The average Bonchev–Trinajstić information content (AvgIpc) is 2.68. The molecule has 0 saturated carbocycles. The Morgan fingerprint density at radius 2 is 1.91 bits per heavy atom. The number of aromatic nitrogens is 2. The van der Waals surface area contributed by atoms with Gasteiger partial charge in [-0.05, 0) is 40.5 Å².